The maximum Gasteiger partial charge on any atom is 0.339 e. The summed E-state index contributed by atoms with van der Waals surface area (Å²) >= 11 is 0. The summed E-state index contributed by atoms with van der Waals surface area (Å²) < 4.78 is 25.5. The average Bonchev–Trinajstić information content (AvgIpc) is 2.89. The topological polar surface area (TPSA) is 142 Å². The highest BCUT2D eigenvalue weighted by atomic mass is 32.2. The van der Waals surface area contributed by atoms with Crippen molar-refractivity contribution in [1.29, 1.82) is 0 Å². The molecule has 5 N–H and O–H groups in total. The summed E-state index contributed by atoms with van der Waals surface area (Å²) in [5, 5.41) is 12.8. The van der Waals surface area contributed by atoms with Gasteiger partial charge in [-0.25, -0.2) is 13.2 Å². The molecule has 0 aliphatic carbocycles. The van der Waals surface area contributed by atoms with Crippen LogP contribution in [-0.4, -0.2) is 49.5 Å². The first-order chi connectivity index (χ1) is 18.0. The number of hydroxylamine groups is 2. The Hall–Kier alpha value is -4.33. The van der Waals surface area contributed by atoms with E-state index in [1.165, 1.54) is 6.92 Å². The summed E-state index contributed by atoms with van der Waals surface area (Å²) in [6.07, 6.45) is 1.72. The predicted octanol–water partition coefficient (Wildman–Crippen LogP) is 3.52. The number of amides is 3. The average molecular weight is 535 g/mol. The lowest BCUT2D eigenvalue weighted by molar-refractivity contribution is -0.0536. The minimum absolute atomic E-state index is 0.0193. The number of hydrogen-bond donors (Lipinski definition) is 4. The van der Waals surface area contributed by atoms with Gasteiger partial charge in [0, 0.05) is 29.3 Å². The lowest BCUT2D eigenvalue weighted by atomic mass is 9.88. The molecule has 0 aliphatic rings. The fraction of sp³-hybridized carbons (Fsp3) is 0.214. The number of nitrogens with one attached hydrogen (secondary N) is 2. The number of carbonyl (C=O) groups excluding carboxylic acids is 2. The Morgan fingerprint density at radius 2 is 1.66 bits per heavy atom. The van der Waals surface area contributed by atoms with Gasteiger partial charge in [-0.05, 0) is 54.8 Å². The molecule has 38 heavy (non-hydrogen) atoms. The molecular formula is C28H30N4O5S. The van der Waals surface area contributed by atoms with Crippen LogP contribution in [0.5, 0.6) is 0 Å². The fourth-order valence-electron chi connectivity index (χ4n) is 3.82. The van der Waals surface area contributed by atoms with Crippen LogP contribution < -0.4 is 15.8 Å². The van der Waals surface area contributed by atoms with Crippen molar-refractivity contribution in [3.8, 4) is 11.8 Å². The van der Waals surface area contributed by atoms with Gasteiger partial charge in [-0.1, -0.05) is 60.4 Å². The molecule has 3 aromatic rings. The van der Waals surface area contributed by atoms with Gasteiger partial charge < -0.3 is 11.1 Å². The molecule has 0 spiro atoms. The number of sulfonamides is 1. The Morgan fingerprint density at radius 3 is 2.29 bits per heavy atom. The molecule has 2 atom stereocenters. The van der Waals surface area contributed by atoms with E-state index in [4.69, 9.17) is 5.73 Å². The zero-order valence-electron chi connectivity index (χ0n) is 21.1. The number of anilines is 1. The van der Waals surface area contributed by atoms with Crippen molar-refractivity contribution >= 4 is 27.6 Å². The minimum atomic E-state index is -3.37. The van der Waals surface area contributed by atoms with Crippen molar-refractivity contribution in [2.75, 3.05) is 17.5 Å². The summed E-state index contributed by atoms with van der Waals surface area (Å²) in [6, 6.07) is 22.0. The highest BCUT2D eigenvalue weighted by Gasteiger charge is 2.16. The van der Waals surface area contributed by atoms with Crippen molar-refractivity contribution in [3.63, 3.8) is 0 Å². The SMILES string of the molecule is C[C@H](C#Cc1cccc(C(=O)NCCC(c2ccccc2)c2ccc(NS(C)(=O)=O)cc2)c1)N(O)C(N)=O. The molecule has 0 fully saturated rings. The molecule has 0 heterocycles. The number of rotatable bonds is 9. The first-order valence-electron chi connectivity index (χ1n) is 11.8. The second-order valence-corrected chi connectivity index (χ2v) is 10.5. The van der Waals surface area contributed by atoms with Crippen molar-refractivity contribution in [3.05, 3.63) is 101 Å². The molecule has 198 valence electrons. The lowest BCUT2D eigenvalue weighted by Gasteiger charge is -2.19. The van der Waals surface area contributed by atoms with Crippen molar-refractivity contribution in [2.24, 2.45) is 5.73 Å². The number of primary amides is 1. The maximum atomic E-state index is 12.8. The third-order valence-corrected chi connectivity index (χ3v) is 6.29. The number of hydrogen-bond acceptors (Lipinski definition) is 5. The van der Waals surface area contributed by atoms with Gasteiger partial charge in [0.05, 0.1) is 6.26 Å². The summed E-state index contributed by atoms with van der Waals surface area (Å²) in [7, 11) is -3.37. The lowest BCUT2D eigenvalue weighted by Crippen LogP contribution is -2.38. The van der Waals surface area contributed by atoms with Crippen LogP contribution >= 0.6 is 0 Å². The second-order valence-electron chi connectivity index (χ2n) is 8.71. The molecule has 0 saturated heterocycles. The molecule has 3 rings (SSSR count). The van der Waals surface area contributed by atoms with Crippen molar-refractivity contribution < 1.29 is 23.2 Å². The van der Waals surface area contributed by atoms with Gasteiger partial charge >= 0.3 is 6.03 Å². The molecular weight excluding hydrogens is 504 g/mol. The third kappa shape index (κ3) is 8.37. The molecule has 0 aromatic heterocycles. The number of nitrogens with zero attached hydrogens (tertiary/aromatic N) is 1. The van der Waals surface area contributed by atoms with Gasteiger partial charge in [0.25, 0.3) is 5.91 Å². The van der Waals surface area contributed by atoms with Crippen LogP contribution in [0.15, 0.2) is 78.9 Å². The third-order valence-electron chi connectivity index (χ3n) is 5.68. The summed E-state index contributed by atoms with van der Waals surface area (Å²) in [4.78, 5) is 23.9. The van der Waals surface area contributed by atoms with Crippen LogP contribution in [0.25, 0.3) is 0 Å². The van der Waals surface area contributed by atoms with E-state index in [2.05, 4.69) is 21.9 Å². The maximum absolute atomic E-state index is 12.8. The van der Waals surface area contributed by atoms with E-state index in [0.717, 1.165) is 17.4 Å². The second kappa shape index (κ2) is 12.8. The quantitative estimate of drug-likeness (QED) is 0.189. The van der Waals surface area contributed by atoms with E-state index in [9.17, 15) is 23.2 Å². The van der Waals surface area contributed by atoms with E-state index in [0.29, 0.717) is 34.8 Å². The summed E-state index contributed by atoms with van der Waals surface area (Å²) in [5.41, 5.74) is 8.55. The van der Waals surface area contributed by atoms with Crippen molar-refractivity contribution in [2.45, 2.75) is 25.3 Å². The van der Waals surface area contributed by atoms with Crippen LogP contribution in [-0.2, 0) is 10.0 Å². The number of urea groups is 1. The van der Waals surface area contributed by atoms with Gasteiger partial charge in [-0.2, -0.15) is 5.06 Å². The monoisotopic (exact) mass is 534 g/mol. The molecule has 0 radical (unpaired) electrons. The molecule has 10 heteroatoms. The molecule has 1 unspecified atom stereocenters. The first kappa shape index (κ1) is 28.2. The Kier molecular flexibility index (Phi) is 9.49. The Bertz CT molecular complexity index is 1430. The van der Waals surface area contributed by atoms with E-state index in [1.54, 1.807) is 36.4 Å². The van der Waals surface area contributed by atoms with Crippen LogP contribution in [0.3, 0.4) is 0 Å². The van der Waals surface area contributed by atoms with E-state index in [1.807, 2.05) is 42.5 Å². The summed E-state index contributed by atoms with van der Waals surface area (Å²) in [5.74, 6) is 5.26. The Balaban J connectivity index is 1.69. The highest BCUT2D eigenvalue weighted by molar-refractivity contribution is 7.92. The minimum Gasteiger partial charge on any atom is -0.352 e. The summed E-state index contributed by atoms with van der Waals surface area (Å²) in [6.45, 7) is 1.92. The Morgan fingerprint density at radius 1 is 1.00 bits per heavy atom. The van der Waals surface area contributed by atoms with Gasteiger partial charge in [0.2, 0.25) is 10.0 Å². The zero-order chi connectivity index (χ0) is 27.7. The highest BCUT2D eigenvalue weighted by Crippen LogP contribution is 2.28. The number of benzene rings is 3. The van der Waals surface area contributed by atoms with Gasteiger partial charge in [-0.15, -0.1) is 0 Å². The van der Waals surface area contributed by atoms with Crippen LogP contribution in [0.1, 0.15) is 46.3 Å². The van der Waals surface area contributed by atoms with E-state index >= 15 is 0 Å². The molecule has 0 saturated carbocycles. The Labute approximate surface area is 222 Å². The normalized spacial score (nSPS) is 12.4. The van der Waals surface area contributed by atoms with Gasteiger partial charge in [-0.3, -0.25) is 14.7 Å². The molecule has 0 aliphatic heterocycles. The number of carbonyl (C=O) groups is 2. The largest absolute Gasteiger partial charge is 0.352 e. The van der Waals surface area contributed by atoms with Crippen molar-refractivity contribution in [1.82, 2.24) is 10.4 Å². The zero-order valence-corrected chi connectivity index (χ0v) is 21.9. The molecule has 9 nitrogen and oxygen atoms in total. The van der Waals surface area contributed by atoms with Gasteiger partial charge in [0.15, 0.2) is 0 Å². The standard InChI is InChI=1S/C28H30N4O5S/c1-20(32(35)28(29)34)11-12-21-7-6-10-24(19-21)27(33)30-18-17-26(22-8-4-3-5-9-22)23-13-15-25(16-14-23)31-38(2,36)37/h3-10,13-16,19-20,26,31,35H,17-18H2,1-2H3,(H2,29,34)(H,30,33)/t20-,26?/m1/s1. The molecule has 3 amide bonds. The van der Waals surface area contributed by atoms with Crippen LogP contribution in [0.4, 0.5) is 10.5 Å². The smallest absolute Gasteiger partial charge is 0.339 e. The van der Waals surface area contributed by atoms with Crippen LogP contribution in [0.2, 0.25) is 0 Å². The van der Waals surface area contributed by atoms with E-state index < -0.39 is 22.1 Å². The van der Waals surface area contributed by atoms with Gasteiger partial charge in [0.1, 0.15) is 6.04 Å². The number of nitrogens with two attached hydrogens (primary N) is 1. The fourth-order valence-corrected chi connectivity index (χ4v) is 4.38. The predicted molar refractivity (Wildman–Crippen MR) is 146 cm³/mol. The first-order valence-corrected chi connectivity index (χ1v) is 13.7. The van der Waals surface area contributed by atoms with Crippen LogP contribution in [0, 0.1) is 11.8 Å². The van der Waals surface area contributed by atoms with E-state index in [-0.39, 0.29) is 11.8 Å². The molecule has 3 aromatic carbocycles. The molecule has 0 bridgehead atoms.